The molecular formula is C40H39NO3. The highest BCUT2D eigenvalue weighted by molar-refractivity contribution is 6.04. The summed E-state index contributed by atoms with van der Waals surface area (Å²) in [4.78, 5) is 12.6. The van der Waals surface area contributed by atoms with E-state index in [1.807, 2.05) is 81.4 Å². The molecule has 4 heteroatoms. The molecule has 0 aliphatic rings. The lowest BCUT2D eigenvalue weighted by Crippen LogP contribution is -2.43. The van der Waals surface area contributed by atoms with E-state index in [9.17, 15) is 4.79 Å². The van der Waals surface area contributed by atoms with E-state index in [2.05, 4.69) is 90.2 Å². The van der Waals surface area contributed by atoms with Gasteiger partial charge in [-0.3, -0.25) is 0 Å². The van der Waals surface area contributed by atoms with Crippen LogP contribution >= 0.6 is 0 Å². The SMILES string of the molecule is CC(C)(C)OC(=O)N[C@H](COc1ccc(C(=C(c2ccccc2)c2ccccc2)c2ccccc2)cc1)Cc1ccccc1. The van der Waals surface area contributed by atoms with E-state index in [1.165, 1.54) is 0 Å². The fourth-order valence-corrected chi connectivity index (χ4v) is 5.16. The maximum absolute atomic E-state index is 12.6. The molecule has 4 nitrogen and oxygen atoms in total. The number of nitrogens with one attached hydrogen (secondary N) is 1. The summed E-state index contributed by atoms with van der Waals surface area (Å²) < 4.78 is 11.8. The van der Waals surface area contributed by atoms with E-state index in [0.29, 0.717) is 13.0 Å². The highest BCUT2D eigenvalue weighted by Gasteiger charge is 2.21. The number of carbonyl (C=O) groups excluding carboxylic acids is 1. The quantitative estimate of drug-likeness (QED) is 0.167. The van der Waals surface area contributed by atoms with Crippen LogP contribution in [-0.4, -0.2) is 24.3 Å². The molecule has 5 aromatic rings. The van der Waals surface area contributed by atoms with Gasteiger partial charge in [0.2, 0.25) is 0 Å². The second-order valence-electron chi connectivity index (χ2n) is 11.7. The van der Waals surface area contributed by atoms with Crippen molar-refractivity contribution in [2.75, 3.05) is 6.61 Å². The van der Waals surface area contributed by atoms with Gasteiger partial charge in [0, 0.05) is 0 Å². The first-order valence-electron chi connectivity index (χ1n) is 15.0. The van der Waals surface area contributed by atoms with Crippen LogP contribution in [0.5, 0.6) is 5.75 Å². The van der Waals surface area contributed by atoms with Gasteiger partial charge >= 0.3 is 6.09 Å². The Balaban J connectivity index is 1.44. The largest absolute Gasteiger partial charge is 0.491 e. The highest BCUT2D eigenvalue weighted by atomic mass is 16.6. The normalized spacial score (nSPS) is 11.7. The van der Waals surface area contributed by atoms with E-state index < -0.39 is 11.7 Å². The zero-order valence-corrected chi connectivity index (χ0v) is 25.6. The molecule has 5 rings (SSSR count). The maximum atomic E-state index is 12.6. The molecule has 0 saturated heterocycles. The monoisotopic (exact) mass is 581 g/mol. The average molecular weight is 582 g/mol. The van der Waals surface area contributed by atoms with E-state index in [4.69, 9.17) is 9.47 Å². The zero-order chi connectivity index (χ0) is 30.8. The highest BCUT2D eigenvalue weighted by Crippen LogP contribution is 2.37. The van der Waals surface area contributed by atoms with Gasteiger partial charge in [0.25, 0.3) is 0 Å². The van der Waals surface area contributed by atoms with Crippen molar-refractivity contribution in [2.45, 2.75) is 38.8 Å². The fraction of sp³-hybridized carbons (Fsp3) is 0.175. The van der Waals surface area contributed by atoms with Gasteiger partial charge in [0.15, 0.2) is 0 Å². The van der Waals surface area contributed by atoms with E-state index in [0.717, 1.165) is 44.7 Å². The first kappa shape index (κ1) is 30.4. The predicted octanol–water partition coefficient (Wildman–Crippen LogP) is 9.21. The van der Waals surface area contributed by atoms with Crippen LogP contribution in [0.25, 0.3) is 11.1 Å². The van der Waals surface area contributed by atoms with Crippen molar-refractivity contribution in [1.82, 2.24) is 5.32 Å². The first-order chi connectivity index (χ1) is 21.4. The third-order valence-electron chi connectivity index (χ3n) is 7.08. The lowest BCUT2D eigenvalue weighted by Gasteiger charge is -2.24. The van der Waals surface area contributed by atoms with Crippen molar-refractivity contribution in [3.8, 4) is 5.75 Å². The number of rotatable bonds is 10. The second kappa shape index (κ2) is 14.4. The Labute approximate surface area is 261 Å². The molecule has 5 aromatic carbocycles. The van der Waals surface area contributed by atoms with Crippen LogP contribution < -0.4 is 10.1 Å². The number of ether oxygens (including phenoxy) is 2. The second-order valence-corrected chi connectivity index (χ2v) is 11.7. The summed E-state index contributed by atoms with van der Waals surface area (Å²) in [6.07, 6.45) is 0.167. The molecule has 1 N–H and O–H groups in total. The smallest absolute Gasteiger partial charge is 0.408 e. The summed E-state index contributed by atoms with van der Waals surface area (Å²) in [5, 5.41) is 3.00. The summed E-state index contributed by atoms with van der Waals surface area (Å²) in [6.45, 7) is 5.87. The van der Waals surface area contributed by atoms with Crippen LogP contribution in [0.15, 0.2) is 146 Å². The number of alkyl carbamates (subject to hydrolysis) is 1. The molecule has 0 spiro atoms. The van der Waals surface area contributed by atoms with Crippen molar-refractivity contribution in [2.24, 2.45) is 0 Å². The van der Waals surface area contributed by atoms with Gasteiger partial charge < -0.3 is 14.8 Å². The van der Waals surface area contributed by atoms with Gasteiger partial charge in [-0.05, 0) is 78.3 Å². The molecule has 0 fully saturated rings. The summed E-state index contributed by atoms with van der Waals surface area (Å²) in [5.41, 5.74) is 7.34. The van der Waals surface area contributed by atoms with Crippen molar-refractivity contribution >= 4 is 17.2 Å². The number of hydrogen-bond donors (Lipinski definition) is 1. The van der Waals surface area contributed by atoms with Crippen LogP contribution in [0.1, 0.15) is 48.6 Å². The Morgan fingerprint density at radius 3 is 1.43 bits per heavy atom. The summed E-state index contributed by atoms with van der Waals surface area (Å²) in [7, 11) is 0. The van der Waals surface area contributed by atoms with Crippen LogP contribution in [-0.2, 0) is 11.2 Å². The lowest BCUT2D eigenvalue weighted by molar-refractivity contribution is 0.0488. The van der Waals surface area contributed by atoms with Gasteiger partial charge in [0.1, 0.15) is 18.0 Å². The maximum Gasteiger partial charge on any atom is 0.408 e. The van der Waals surface area contributed by atoms with Gasteiger partial charge in [-0.2, -0.15) is 0 Å². The molecule has 0 aliphatic carbocycles. The minimum absolute atomic E-state index is 0.269. The molecule has 0 unspecified atom stereocenters. The predicted molar refractivity (Wildman–Crippen MR) is 180 cm³/mol. The Kier molecular flexibility index (Phi) is 9.93. The molecule has 0 bridgehead atoms. The van der Waals surface area contributed by atoms with E-state index in [1.54, 1.807) is 0 Å². The minimum atomic E-state index is -0.583. The van der Waals surface area contributed by atoms with Gasteiger partial charge in [-0.1, -0.05) is 133 Å². The molecule has 0 saturated carbocycles. The molecule has 0 heterocycles. The van der Waals surface area contributed by atoms with Crippen molar-refractivity contribution in [3.05, 3.63) is 173 Å². The van der Waals surface area contributed by atoms with Crippen molar-refractivity contribution < 1.29 is 14.3 Å². The minimum Gasteiger partial charge on any atom is -0.491 e. The number of benzene rings is 5. The molecule has 44 heavy (non-hydrogen) atoms. The van der Waals surface area contributed by atoms with Crippen LogP contribution in [0.4, 0.5) is 4.79 Å². The summed E-state index contributed by atoms with van der Waals surface area (Å²) in [6, 6.07) is 49.6. The fourth-order valence-electron chi connectivity index (χ4n) is 5.16. The molecule has 1 atom stereocenters. The lowest BCUT2D eigenvalue weighted by atomic mass is 9.86. The Bertz CT molecular complexity index is 1600. The number of carbonyl (C=O) groups is 1. The molecule has 0 radical (unpaired) electrons. The molecule has 1 amide bonds. The average Bonchev–Trinajstić information content (AvgIpc) is 3.03. The summed E-state index contributed by atoms with van der Waals surface area (Å²) in [5.74, 6) is 0.728. The van der Waals surface area contributed by atoms with Crippen molar-refractivity contribution in [1.29, 1.82) is 0 Å². The zero-order valence-electron chi connectivity index (χ0n) is 25.6. The van der Waals surface area contributed by atoms with Gasteiger partial charge in [-0.25, -0.2) is 4.79 Å². The molecule has 222 valence electrons. The Morgan fingerprint density at radius 2 is 1.00 bits per heavy atom. The van der Waals surface area contributed by atoms with Gasteiger partial charge in [-0.15, -0.1) is 0 Å². The van der Waals surface area contributed by atoms with Crippen molar-refractivity contribution in [3.63, 3.8) is 0 Å². The summed E-state index contributed by atoms with van der Waals surface area (Å²) >= 11 is 0. The first-order valence-corrected chi connectivity index (χ1v) is 15.0. The molecular weight excluding hydrogens is 542 g/mol. The Hall–Kier alpha value is -5.09. The Morgan fingerprint density at radius 1 is 0.591 bits per heavy atom. The van der Waals surface area contributed by atoms with E-state index in [-0.39, 0.29) is 6.04 Å². The third-order valence-corrected chi connectivity index (χ3v) is 7.08. The number of amides is 1. The molecule has 0 aliphatic heterocycles. The van der Waals surface area contributed by atoms with Crippen LogP contribution in [0.2, 0.25) is 0 Å². The standard InChI is InChI=1S/C40H39NO3/c1-40(2,3)44-39(42)41-35(28-30-16-8-4-9-17-30)29-43-36-26-24-34(25-27-36)38(33-22-14-7-15-23-33)37(31-18-10-5-11-19-31)32-20-12-6-13-21-32/h4-27,35H,28-29H2,1-3H3,(H,41,42)/t35-/m0/s1. The topological polar surface area (TPSA) is 47.6 Å². The molecule has 0 aromatic heterocycles. The van der Waals surface area contributed by atoms with E-state index >= 15 is 0 Å². The third kappa shape index (κ3) is 8.48. The van der Waals surface area contributed by atoms with Gasteiger partial charge in [0.05, 0.1) is 6.04 Å². The number of hydrogen-bond acceptors (Lipinski definition) is 3. The van der Waals surface area contributed by atoms with Crippen LogP contribution in [0, 0.1) is 0 Å². The van der Waals surface area contributed by atoms with Crippen LogP contribution in [0.3, 0.4) is 0 Å².